The van der Waals surface area contributed by atoms with E-state index in [1.165, 1.54) is 43.7 Å². The summed E-state index contributed by atoms with van der Waals surface area (Å²) in [5.74, 6) is 1.31. The second-order valence-electron chi connectivity index (χ2n) is 4.59. The van der Waals surface area contributed by atoms with Crippen LogP contribution in [0.2, 0.25) is 0 Å². The first-order valence-electron chi connectivity index (χ1n) is 6.16. The maximum atomic E-state index is 4.54. The monoisotopic (exact) mass is 222 g/mol. The van der Waals surface area contributed by atoms with Gasteiger partial charge in [0.15, 0.2) is 0 Å². The lowest BCUT2D eigenvalue weighted by atomic mass is 10.1. The first kappa shape index (κ1) is 11.5. The van der Waals surface area contributed by atoms with E-state index in [9.17, 15) is 0 Å². The molecular formula is C12H22N4. The summed E-state index contributed by atoms with van der Waals surface area (Å²) in [6, 6.07) is 0. The zero-order valence-electron chi connectivity index (χ0n) is 10.6. The van der Waals surface area contributed by atoms with Crippen molar-refractivity contribution < 1.29 is 0 Å². The highest BCUT2D eigenvalue weighted by molar-refractivity contribution is 5.50. The minimum atomic E-state index is 0.908. The number of nitrogens with zero attached hydrogens (tertiary/aromatic N) is 3. The van der Waals surface area contributed by atoms with Gasteiger partial charge in [-0.15, -0.1) is 0 Å². The Labute approximate surface area is 97.6 Å². The number of anilines is 1. The van der Waals surface area contributed by atoms with E-state index in [-0.39, 0.29) is 0 Å². The molecule has 2 rings (SSSR count). The van der Waals surface area contributed by atoms with Crippen molar-refractivity contribution in [3.05, 3.63) is 11.3 Å². The molecule has 0 aliphatic carbocycles. The first-order chi connectivity index (χ1) is 7.74. The van der Waals surface area contributed by atoms with E-state index >= 15 is 0 Å². The van der Waals surface area contributed by atoms with E-state index in [4.69, 9.17) is 0 Å². The van der Waals surface area contributed by atoms with Crippen LogP contribution in [0.1, 0.15) is 30.5 Å². The summed E-state index contributed by atoms with van der Waals surface area (Å²) in [7, 11) is 4.04. The van der Waals surface area contributed by atoms with E-state index in [0.29, 0.717) is 0 Å². The molecule has 16 heavy (non-hydrogen) atoms. The second-order valence-corrected chi connectivity index (χ2v) is 4.59. The van der Waals surface area contributed by atoms with Crippen LogP contribution < -0.4 is 10.2 Å². The highest BCUT2D eigenvalue weighted by Crippen LogP contribution is 2.25. The Morgan fingerprint density at radius 3 is 2.56 bits per heavy atom. The molecule has 0 saturated carbocycles. The molecule has 1 saturated heterocycles. The molecule has 1 aliphatic rings. The highest BCUT2D eigenvalue weighted by Gasteiger charge is 2.20. The van der Waals surface area contributed by atoms with Gasteiger partial charge in [-0.25, -0.2) is 0 Å². The molecule has 0 aromatic carbocycles. The number of hydrogen-bond donors (Lipinski definition) is 1. The van der Waals surface area contributed by atoms with Crippen molar-refractivity contribution in [2.45, 2.75) is 32.7 Å². The summed E-state index contributed by atoms with van der Waals surface area (Å²) >= 11 is 0. The number of nitrogens with one attached hydrogen (secondary N) is 1. The van der Waals surface area contributed by atoms with E-state index in [0.717, 1.165) is 12.2 Å². The minimum Gasteiger partial charge on any atom is -0.357 e. The molecule has 4 heteroatoms. The average molecular weight is 222 g/mol. The first-order valence-corrected chi connectivity index (χ1v) is 6.16. The fraction of sp³-hybridized carbons (Fsp3) is 0.750. The maximum absolute atomic E-state index is 4.54. The Bertz CT molecular complexity index is 350. The second kappa shape index (κ2) is 4.87. The topological polar surface area (TPSA) is 33.1 Å². The zero-order valence-corrected chi connectivity index (χ0v) is 10.6. The normalized spacial score (nSPS) is 16.8. The molecule has 0 spiro atoms. The molecule has 90 valence electrons. The standard InChI is InChI=1S/C12H22N4/c1-10-11(9-13-2)12(15(3)14-10)16-7-5-4-6-8-16/h13H,4-9H2,1-3H3. The Balaban J connectivity index is 2.29. The number of piperidine rings is 1. The molecule has 0 radical (unpaired) electrons. The molecule has 0 amide bonds. The summed E-state index contributed by atoms with van der Waals surface area (Å²) in [5, 5.41) is 7.78. The fourth-order valence-corrected chi connectivity index (χ4v) is 2.57. The molecule has 1 aromatic rings. The van der Waals surface area contributed by atoms with E-state index in [2.05, 4.69) is 29.3 Å². The van der Waals surface area contributed by atoms with Crippen LogP contribution in [-0.4, -0.2) is 29.9 Å². The summed E-state index contributed by atoms with van der Waals surface area (Å²) in [5.41, 5.74) is 2.50. The van der Waals surface area contributed by atoms with Gasteiger partial charge in [0.2, 0.25) is 0 Å². The van der Waals surface area contributed by atoms with Crippen molar-refractivity contribution >= 4 is 5.82 Å². The highest BCUT2D eigenvalue weighted by atomic mass is 15.4. The van der Waals surface area contributed by atoms with Crippen LogP contribution >= 0.6 is 0 Å². The minimum absolute atomic E-state index is 0.908. The van der Waals surface area contributed by atoms with E-state index in [1.54, 1.807) is 0 Å². The third kappa shape index (κ3) is 2.07. The van der Waals surface area contributed by atoms with Crippen molar-refractivity contribution in [2.75, 3.05) is 25.0 Å². The van der Waals surface area contributed by atoms with Gasteiger partial charge in [-0.2, -0.15) is 5.10 Å². The van der Waals surface area contributed by atoms with Crippen molar-refractivity contribution in [3.63, 3.8) is 0 Å². The Morgan fingerprint density at radius 2 is 1.94 bits per heavy atom. The molecule has 0 unspecified atom stereocenters. The van der Waals surface area contributed by atoms with Crippen LogP contribution in [0.25, 0.3) is 0 Å². The zero-order chi connectivity index (χ0) is 11.5. The third-order valence-corrected chi connectivity index (χ3v) is 3.32. The van der Waals surface area contributed by atoms with Gasteiger partial charge in [0.05, 0.1) is 5.69 Å². The van der Waals surface area contributed by atoms with Gasteiger partial charge in [-0.05, 0) is 33.2 Å². The van der Waals surface area contributed by atoms with Gasteiger partial charge in [-0.1, -0.05) is 0 Å². The third-order valence-electron chi connectivity index (χ3n) is 3.32. The SMILES string of the molecule is CNCc1c(C)nn(C)c1N1CCCCC1. The summed E-state index contributed by atoms with van der Waals surface area (Å²) in [6.45, 7) is 5.36. The lowest BCUT2D eigenvalue weighted by molar-refractivity contribution is 0.559. The Morgan fingerprint density at radius 1 is 1.25 bits per heavy atom. The summed E-state index contributed by atoms with van der Waals surface area (Å²) < 4.78 is 2.04. The fourth-order valence-electron chi connectivity index (χ4n) is 2.57. The number of aromatic nitrogens is 2. The molecular weight excluding hydrogens is 200 g/mol. The lowest BCUT2D eigenvalue weighted by Crippen LogP contribution is -2.32. The summed E-state index contributed by atoms with van der Waals surface area (Å²) in [6.07, 6.45) is 3.99. The molecule has 1 fully saturated rings. The predicted octanol–water partition coefficient (Wildman–Crippen LogP) is 1.44. The molecule has 0 bridgehead atoms. The van der Waals surface area contributed by atoms with Crippen LogP contribution in [0, 0.1) is 6.92 Å². The average Bonchev–Trinajstić information content (AvgIpc) is 2.56. The molecule has 1 aromatic heterocycles. The molecule has 0 atom stereocenters. The van der Waals surface area contributed by atoms with Gasteiger partial charge >= 0.3 is 0 Å². The van der Waals surface area contributed by atoms with Crippen molar-refractivity contribution in [1.29, 1.82) is 0 Å². The maximum Gasteiger partial charge on any atom is 0.131 e. The van der Waals surface area contributed by atoms with Gasteiger partial charge in [0, 0.05) is 32.2 Å². The Hall–Kier alpha value is -1.03. The largest absolute Gasteiger partial charge is 0.357 e. The van der Waals surface area contributed by atoms with Crippen molar-refractivity contribution in [1.82, 2.24) is 15.1 Å². The number of aryl methyl sites for hydroxylation is 2. The molecule has 2 heterocycles. The Kier molecular flexibility index (Phi) is 3.49. The van der Waals surface area contributed by atoms with Crippen LogP contribution in [-0.2, 0) is 13.6 Å². The van der Waals surface area contributed by atoms with Crippen molar-refractivity contribution in [2.24, 2.45) is 7.05 Å². The van der Waals surface area contributed by atoms with E-state index < -0.39 is 0 Å². The van der Waals surface area contributed by atoms with E-state index in [1.807, 2.05) is 11.7 Å². The molecule has 1 aliphatic heterocycles. The van der Waals surface area contributed by atoms with Gasteiger partial charge in [-0.3, -0.25) is 4.68 Å². The van der Waals surface area contributed by atoms with Gasteiger partial charge < -0.3 is 10.2 Å². The van der Waals surface area contributed by atoms with Crippen LogP contribution in [0.15, 0.2) is 0 Å². The molecule has 1 N–H and O–H groups in total. The van der Waals surface area contributed by atoms with Crippen LogP contribution in [0.3, 0.4) is 0 Å². The molecule has 4 nitrogen and oxygen atoms in total. The van der Waals surface area contributed by atoms with Crippen LogP contribution in [0.5, 0.6) is 0 Å². The van der Waals surface area contributed by atoms with Gasteiger partial charge in [0.1, 0.15) is 5.82 Å². The number of hydrogen-bond acceptors (Lipinski definition) is 3. The van der Waals surface area contributed by atoms with Gasteiger partial charge in [0.25, 0.3) is 0 Å². The lowest BCUT2D eigenvalue weighted by Gasteiger charge is -2.29. The van der Waals surface area contributed by atoms with Crippen LogP contribution in [0.4, 0.5) is 5.82 Å². The predicted molar refractivity (Wildman–Crippen MR) is 66.8 cm³/mol. The quantitative estimate of drug-likeness (QED) is 0.840. The number of rotatable bonds is 3. The van der Waals surface area contributed by atoms with Crippen molar-refractivity contribution in [3.8, 4) is 0 Å². The summed E-state index contributed by atoms with van der Waals surface area (Å²) in [4.78, 5) is 2.48. The smallest absolute Gasteiger partial charge is 0.131 e.